The average molecular weight is 183 g/mol. The van der Waals surface area contributed by atoms with Gasteiger partial charge in [0, 0.05) is 6.08 Å². The van der Waals surface area contributed by atoms with E-state index < -0.39 is 0 Å². The van der Waals surface area contributed by atoms with Crippen LogP contribution in [0.2, 0.25) is 0 Å². The van der Waals surface area contributed by atoms with Crippen LogP contribution in [0.25, 0.3) is 0 Å². The first-order valence-electron chi connectivity index (χ1n) is 4.62. The van der Waals surface area contributed by atoms with Gasteiger partial charge in [-0.3, -0.25) is 0 Å². The number of hydrogen-bond acceptors (Lipinski definition) is 1. The lowest BCUT2D eigenvalue weighted by atomic mass is 10.0. The van der Waals surface area contributed by atoms with Gasteiger partial charge in [-0.05, 0) is 30.6 Å². The third-order valence-corrected chi connectivity index (χ3v) is 1.99. The van der Waals surface area contributed by atoms with Gasteiger partial charge in [-0.2, -0.15) is 5.26 Å². The van der Waals surface area contributed by atoms with E-state index in [-0.39, 0.29) is 0 Å². The minimum absolute atomic E-state index is 0.884. The third-order valence-electron chi connectivity index (χ3n) is 1.99. The van der Waals surface area contributed by atoms with Gasteiger partial charge in [0.1, 0.15) is 0 Å². The van der Waals surface area contributed by atoms with Crippen LogP contribution in [0.1, 0.15) is 12.5 Å². The van der Waals surface area contributed by atoms with Crippen LogP contribution in [0, 0.1) is 11.3 Å². The van der Waals surface area contributed by atoms with E-state index in [9.17, 15) is 0 Å². The highest BCUT2D eigenvalue weighted by Crippen LogP contribution is 2.08. The van der Waals surface area contributed by atoms with Crippen molar-refractivity contribution in [2.24, 2.45) is 0 Å². The molecule has 0 N–H and O–H groups in total. The largest absolute Gasteiger partial charge is 0.193 e. The van der Waals surface area contributed by atoms with Crippen molar-refractivity contribution in [1.29, 1.82) is 5.26 Å². The van der Waals surface area contributed by atoms with E-state index in [2.05, 4.69) is 12.1 Å². The number of benzene rings is 1. The molecule has 0 radical (unpaired) electrons. The first-order valence-corrected chi connectivity index (χ1v) is 4.62. The Bertz CT molecular complexity index is 366. The van der Waals surface area contributed by atoms with Crippen LogP contribution in [-0.4, -0.2) is 0 Å². The van der Waals surface area contributed by atoms with Gasteiger partial charge in [-0.1, -0.05) is 36.4 Å². The van der Waals surface area contributed by atoms with Crippen LogP contribution in [0.15, 0.2) is 54.1 Å². The fraction of sp³-hybridized carbons (Fsp3) is 0.154. The Morgan fingerprint density at radius 1 is 1.36 bits per heavy atom. The van der Waals surface area contributed by atoms with Crippen molar-refractivity contribution in [3.05, 3.63) is 59.7 Å². The van der Waals surface area contributed by atoms with Gasteiger partial charge in [0.05, 0.1) is 6.07 Å². The van der Waals surface area contributed by atoms with Gasteiger partial charge in [0.2, 0.25) is 0 Å². The van der Waals surface area contributed by atoms with E-state index in [4.69, 9.17) is 5.26 Å². The Balaban J connectivity index is 2.69. The molecule has 0 spiro atoms. The molecule has 1 nitrogen and oxygen atoms in total. The molecule has 1 aromatic carbocycles. The van der Waals surface area contributed by atoms with Crippen molar-refractivity contribution in [3.63, 3.8) is 0 Å². The molecule has 0 saturated heterocycles. The van der Waals surface area contributed by atoms with Crippen molar-refractivity contribution >= 4 is 0 Å². The summed E-state index contributed by atoms with van der Waals surface area (Å²) in [5.41, 5.74) is 2.43. The summed E-state index contributed by atoms with van der Waals surface area (Å²) in [6.07, 6.45) is 6.28. The number of hydrogen-bond donors (Lipinski definition) is 0. The quantitative estimate of drug-likeness (QED) is 0.521. The summed E-state index contributed by atoms with van der Waals surface area (Å²) in [5, 5.41) is 8.41. The molecule has 1 heteroatoms. The molecule has 0 saturated carbocycles. The standard InChI is InChI=1S/C13H13N/c1-2-12(9-6-10-14)11-13-7-4-3-5-8-13/h2-9H,11H2,1H3. The van der Waals surface area contributed by atoms with E-state index in [1.807, 2.05) is 43.3 Å². The molecule has 14 heavy (non-hydrogen) atoms. The van der Waals surface area contributed by atoms with Crippen LogP contribution in [-0.2, 0) is 6.42 Å². The second-order valence-corrected chi connectivity index (χ2v) is 2.99. The second-order valence-electron chi connectivity index (χ2n) is 2.99. The average Bonchev–Trinajstić information content (AvgIpc) is 2.25. The molecule has 70 valence electrons. The SMILES string of the molecule is CC=C(C=CC#N)Cc1ccccc1. The monoisotopic (exact) mass is 183 g/mol. The highest BCUT2D eigenvalue weighted by atomic mass is 14.2. The molecule has 1 rings (SSSR count). The maximum atomic E-state index is 8.41. The summed E-state index contributed by atoms with van der Waals surface area (Å²) < 4.78 is 0. The van der Waals surface area contributed by atoms with Gasteiger partial charge in [-0.15, -0.1) is 0 Å². The van der Waals surface area contributed by atoms with Gasteiger partial charge >= 0.3 is 0 Å². The molecule has 0 amide bonds. The van der Waals surface area contributed by atoms with Gasteiger partial charge in [0.25, 0.3) is 0 Å². The number of nitrogens with zero attached hydrogens (tertiary/aromatic N) is 1. The molecule has 1 aromatic rings. The first-order chi connectivity index (χ1) is 6.86. The minimum Gasteiger partial charge on any atom is -0.193 e. The van der Waals surface area contributed by atoms with E-state index >= 15 is 0 Å². The molecule has 0 aliphatic carbocycles. The van der Waals surface area contributed by atoms with E-state index in [0.717, 1.165) is 12.0 Å². The smallest absolute Gasteiger partial charge is 0.0912 e. The van der Waals surface area contributed by atoms with Crippen LogP contribution in [0.4, 0.5) is 0 Å². The lowest BCUT2D eigenvalue weighted by Gasteiger charge is -2.00. The molecule has 0 unspecified atom stereocenters. The summed E-state index contributed by atoms with van der Waals surface area (Å²) in [6.45, 7) is 1.99. The van der Waals surface area contributed by atoms with E-state index in [1.165, 1.54) is 11.6 Å². The highest BCUT2D eigenvalue weighted by molar-refractivity contribution is 5.29. The molecule has 0 atom stereocenters. The molecule has 0 fully saturated rings. The Morgan fingerprint density at radius 2 is 2.07 bits per heavy atom. The number of nitriles is 1. The summed E-state index contributed by atoms with van der Waals surface area (Å²) in [7, 11) is 0. The number of allylic oxidation sites excluding steroid dienone is 4. The molecular formula is C13H13N. The van der Waals surface area contributed by atoms with Crippen molar-refractivity contribution in [3.8, 4) is 6.07 Å². The highest BCUT2D eigenvalue weighted by Gasteiger charge is 1.93. The van der Waals surface area contributed by atoms with Crippen LogP contribution >= 0.6 is 0 Å². The van der Waals surface area contributed by atoms with Crippen molar-refractivity contribution < 1.29 is 0 Å². The molecule has 0 aliphatic rings. The lowest BCUT2D eigenvalue weighted by molar-refractivity contribution is 1.19. The lowest BCUT2D eigenvalue weighted by Crippen LogP contribution is -1.86. The van der Waals surface area contributed by atoms with E-state index in [1.54, 1.807) is 0 Å². The van der Waals surface area contributed by atoms with Crippen molar-refractivity contribution in [2.75, 3.05) is 0 Å². The van der Waals surface area contributed by atoms with Crippen molar-refractivity contribution in [1.82, 2.24) is 0 Å². The van der Waals surface area contributed by atoms with Gasteiger partial charge in [0.15, 0.2) is 0 Å². The van der Waals surface area contributed by atoms with E-state index in [0.29, 0.717) is 0 Å². The van der Waals surface area contributed by atoms with Crippen LogP contribution in [0.5, 0.6) is 0 Å². The first kappa shape index (κ1) is 10.3. The van der Waals surface area contributed by atoms with Crippen LogP contribution < -0.4 is 0 Å². The zero-order valence-electron chi connectivity index (χ0n) is 8.27. The molecule has 0 bridgehead atoms. The summed E-state index contributed by atoms with van der Waals surface area (Å²) >= 11 is 0. The fourth-order valence-electron chi connectivity index (χ4n) is 1.23. The maximum absolute atomic E-state index is 8.41. The summed E-state index contributed by atoms with van der Waals surface area (Å²) in [6, 6.07) is 12.2. The predicted octanol–water partition coefficient (Wildman–Crippen LogP) is 3.26. The van der Waals surface area contributed by atoms with Crippen molar-refractivity contribution in [2.45, 2.75) is 13.3 Å². The molecular weight excluding hydrogens is 170 g/mol. The third kappa shape index (κ3) is 3.28. The maximum Gasteiger partial charge on any atom is 0.0912 e. The molecule has 0 aliphatic heterocycles. The Labute approximate surface area is 85.0 Å². The summed E-state index contributed by atoms with van der Waals surface area (Å²) in [4.78, 5) is 0. The Kier molecular flexibility index (Phi) is 4.23. The fourth-order valence-corrected chi connectivity index (χ4v) is 1.23. The predicted molar refractivity (Wildman–Crippen MR) is 58.7 cm³/mol. The normalized spacial score (nSPS) is 11.6. The Hall–Kier alpha value is -1.81. The van der Waals surface area contributed by atoms with Gasteiger partial charge < -0.3 is 0 Å². The number of rotatable bonds is 3. The summed E-state index contributed by atoms with van der Waals surface area (Å²) in [5.74, 6) is 0. The molecule has 0 heterocycles. The second kappa shape index (κ2) is 5.77. The van der Waals surface area contributed by atoms with Crippen LogP contribution in [0.3, 0.4) is 0 Å². The zero-order chi connectivity index (χ0) is 10.2. The molecule has 0 aromatic heterocycles. The Morgan fingerprint density at radius 3 is 2.64 bits per heavy atom. The zero-order valence-corrected chi connectivity index (χ0v) is 8.27. The minimum atomic E-state index is 0.884. The van der Waals surface area contributed by atoms with Gasteiger partial charge in [-0.25, -0.2) is 0 Å². The topological polar surface area (TPSA) is 23.8 Å².